The van der Waals surface area contributed by atoms with Crippen molar-refractivity contribution in [3.05, 3.63) is 64.2 Å². The summed E-state index contributed by atoms with van der Waals surface area (Å²) in [6, 6.07) is 14.3. The molecule has 0 bridgehead atoms. The van der Waals surface area contributed by atoms with Crippen LogP contribution in [0.15, 0.2) is 30.3 Å². The fraction of sp³-hybridized carbons (Fsp3) is 0.464. The van der Waals surface area contributed by atoms with Gasteiger partial charge in [-0.3, -0.25) is 4.98 Å². The molecular weight excluding hydrogens is 575 g/mol. The first kappa shape index (κ1) is 28.5. The fourth-order valence-electron chi connectivity index (χ4n) is 3.58. The molecule has 1 aromatic heterocycles. The number of aliphatic hydroxyl groups is 2. The predicted molar refractivity (Wildman–Crippen MR) is 131 cm³/mol. The quantitative estimate of drug-likeness (QED) is 0.337. The van der Waals surface area contributed by atoms with Crippen LogP contribution in [0.5, 0.6) is 0 Å². The van der Waals surface area contributed by atoms with E-state index in [4.69, 9.17) is 10.1 Å². The maximum atomic E-state index is 9.40. The number of benzene rings is 2. The minimum Gasteiger partial charge on any atom is -0.393 e. The summed E-state index contributed by atoms with van der Waals surface area (Å²) < 4.78 is 0. The Balaban J connectivity index is 0.000000400. The molecule has 0 spiro atoms. The normalized spacial score (nSPS) is 13.1. The molecule has 3 rings (SSSR count). The van der Waals surface area contributed by atoms with E-state index in [9.17, 15) is 5.11 Å². The molecular formula is C28H38IrNO2-. The number of hydrogen-bond donors (Lipinski definition) is 2. The van der Waals surface area contributed by atoms with Crippen LogP contribution in [0.3, 0.4) is 0 Å². The molecule has 177 valence electrons. The van der Waals surface area contributed by atoms with Gasteiger partial charge in [-0.1, -0.05) is 52.3 Å². The van der Waals surface area contributed by atoms with E-state index in [1.165, 1.54) is 27.6 Å². The van der Waals surface area contributed by atoms with E-state index in [0.29, 0.717) is 6.42 Å². The van der Waals surface area contributed by atoms with Gasteiger partial charge in [0.25, 0.3) is 0 Å². The van der Waals surface area contributed by atoms with Crippen molar-refractivity contribution in [3.8, 4) is 11.3 Å². The summed E-state index contributed by atoms with van der Waals surface area (Å²) in [6.45, 7) is 18.2. The SMILES string of the molecule is CC(O)CC(O)C(C)(C)C.Cc1[c-]c(-c2nc3cc(C)cc(C)c3cc2C)c(C)cc1.[Ir]. The zero-order chi connectivity index (χ0) is 23.5. The van der Waals surface area contributed by atoms with E-state index in [-0.39, 0.29) is 25.5 Å². The largest absolute Gasteiger partial charge is 0.393 e. The Morgan fingerprint density at radius 2 is 1.53 bits per heavy atom. The molecule has 0 aliphatic heterocycles. The summed E-state index contributed by atoms with van der Waals surface area (Å²) in [5.74, 6) is 0. The third-order valence-corrected chi connectivity index (χ3v) is 5.58. The predicted octanol–water partition coefficient (Wildman–Crippen LogP) is 6.41. The van der Waals surface area contributed by atoms with Gasteiger partial charge in [0.15, 0.2) is 0 Å². The van der Waals surface area contributed by atoms with Crippen molar-refractivity contribution in [1.29, 1.82) is 0 Å². The van der Waals surface area contributed by atoms with Gasteiger partial charge >= 0.3 is 0 Å². The smallest absolute Gasteiger partial charge is 0.0613 e. The molecule has 0 fully saturated rings. The zero-order valence-electron chi connectivity index (χ0n) is 20.9. The van der Waals surface area contributed by atoms with Crippen LogP contribution in [-0.4, -0.2) is 27.4 Å². The van der Waals surface area contributed by atoms with E-state index < -0.39 is 12.2 Å². The summed E-state index contributed by atoms with van der Waals surface area (Å²) in [4.78, 5) is 4.94. The van der Waals surface area contributed by atoms with Crippen LogP contribution in [0.4, 0.5) is 0 Å². The first-order valence-corrected chi connectivity index (χ1v) is 11.0. The van der Waals surface area contributed by atoms with Crippen molar-refractivity contribution in [2.75, 3.05) is 0 Å². The Kier molecular flexibility index (Phi) is 10.2. The maximum absolute atomic E-state index is 9.40. The third kappa shape index (κ3) is 7.49. The molecule has 1 heterocycles. The van der Waals surface area contributed by atoms with Gasteiger partial charge in [-0.2, -0.15) is 0 Å². The van der Waals surface area contributed by atoms with Gasteiger partial charge in [0.1, 0.15) is 0 Å². The number of hydrogen-bond acceptors (Lipinski definition) is 3. The van der Waals surface area contributed by atoms with Gasteiger partial charge in [-0.25, -0.2) is 0 Å². The van der Waals surface area contributed by atoms with Crippen molar-refractivity contribution >= 4 is 10.9 Å². The molecule has 1 radical (unpaired) electrons. The Morgan fingerprint density at radius 3 is 2.06 bits per heavy atom. The molecule has 4 heteroatoms. The third-order valence-electron chi connectivity index (χ3n) is 5.58. The number of aliphatic hydroxyl groups excluding tert-OH is 2. The number of nitrogens with zero attached hydrogens (tertiary/aromatic N) is 1. The van der Waals surface area contributed by atoms with Crippen LogP contribution in [-0.2, 0) is 20.1 Å². The molecule has 2 N–H and O–H groups in total. The standard InChI is InChI=1S/C20H20N.C8H18O2.Ir/c1-12-6-7-14(3)18(9-12)20-16(5)11-17-15(4)8-13(2)10-19(17)21-20;1-6(9)5-7(10)8(2,3)4;/h6-8,10-11H,1-5H3;6-7,9-10H,5H2,1-4H3;/q-1;;. The molecule has 3 nitrogen and oxygen atoms in total. The summed E-state index contributed by atoms with van der Waals surface area (Å²) in [7, 11) is 0. The van der Waals surface area contributed by atoms with Crippen LogP contribution < -0.4 is 0 Å². The first-order chi connectivity index (χ1) is 14.3. The van der Waals surface area contributed by atoms with Gasteiger partial charge in [0.05, 0.1) is 17.7 Å². The number of aromatic nitrogens is 1. The summed E-state index contributed by atoms with van der Waals surface area (Å²) >= 11 is 0. The Morgan fingerprint density at radius 1 is 0.906 bits per heavy atom. The van der Waals surface area contributed by atoms with E-state index in [2.05, 4.69) is 71.0 Å². The van der Waals surface area contributed by atoms with Crippen LogP contribution in [0.25, 0.3) is 22.2 Å². The number of aryl methyl sites for hydroxylation is 5. The van der Waals surface area contributed by atoms with Crippen molar-refractivity contribution in [2.24, 2.45) is 5.41 Å². The molecule has 3 aromatic rings. The first-order valence-electron chi connectivity index (χ1n) is 11.0. The zero-order valence-corrected chi connectivity index (χ0v) is 23.3. The van der Waals surface area contributed by atoms with Gasteiger partial charge < -0.3 is 10.2 Å². The topological polar surface area (TPSA) is 53.4 Å². The van der Waals surface area contributed by atoms with Crippen molar-refractivity contribution in [3.63, 3.8) is 0 Å². The molecule has 0 saturated carbocycles. The van der Waals surface area contributed by atoms with Crippen LogP contribution in [0.2, 0.25) is 0 Å². The minimum atomic E-state index is -0.410. The molecule has 32 heavy (non-hydrogen) atoms. The van der Waals surface area contributed by atoms with Crippen LogP contribution in [0.1, 0.15) is 61.9 Å². The maximum Gasteiger partial charge on any atom is 0.0613 e. The summed E-state index contributed by atoms with van der Waals surface area (Å²) in [5, 5.41) is 19.6. The fourth-order valence-corrected chi connectivity index (χ4v) is 3.58. The molecule has 2 aromatic carbocycles. The Hall–Kier alpha value is -1.58. The van der Waals surface area contributed by atoms with E-state index in [1.54, 1.807) is 6.92 Å². The average molecular weight is 613 g/mol. The minimum absolute atomic E-state index is 0. The van der Waals surface area contributed by atoms with Crippen molar-refractivity contribution < 1.29 is 30.3 Å². The van der Waals surface area contributed by atoms with Gasteiger partial charge in [-0.15, -0.1) is 34.9 Å². The second kappa shape index (κ2) is 11.5. The van der Waals surface area contributed by atoms with Gasteiger partial charge in [0.2, 0.25) is 0 Å². The molecule has 0 aliphatic rings. The monoisotopic (exact) mass is 613 g/mol. The van der Waals surface area contributed by atoms with E-state index in [0.717, 1.165) is 22.3 Å². The second-order valence-electron chi connectivity index (χ2n) is 9.97. The number of fused-ring (bicyclic) bond motifs is 1. The van der Waals surface area contributed by atoms with E-state index >= 15 is 0 Å². The molecule has 2 unspecified atom stereocenters. The van der Waals surface area contributed by atoms with Crippen LogP contribution in [0, 0.1) is 46.1 Å². The number of pyridine rings is 1. The Labute approximate surface area is 207 Å². The van der Waals surface area contributed by atoms with Crippen molar-refractivity contribution in [1.82, 2.24) is 4.98 Å². The van der Waals surface area contributed by atoms with E-state index in [1.807, 2.05) is 20.8 Å². The molecule has 0 saturated heterocycles. The molecule has 0 aliphatic carbocycles. The average Bonchev–Trinajstić information content (AvgIpc) is 2.63. The number of rotatable bonds is 3. The van der Waals surface area contributed by atoms with Gasteiger partial charge in [-0.05, 0) is 62.4 Å². The van der Waals surface area contributed by atoms with Crippen molar-refractivity contribution in [2.45, 2.75) is 80.9 Å². The summed E-state index contributed by atoms with van der Waals surface area (Å²) in [6.07, 6.45) is -0.356. The molecule has 2 atom stereocenters. The van der Waals surface area contributed by atoms with Gasteiger partial charge in [0, 0.05) is 25.5 Å². The summed E-state index contributed by atoms with van der Waals surface area (Å²) in [5.41, 5.74) is 9.25. The van der Waals surface area contributed by atoms with Crippen LogP contribution >= 0.6 is 0 Å². The second-order valence-corrected chi connectivity index (χ2v) is 9.97. The molecule has 0 amide bonds. The Bertz CT molecular complexity index is 1050.